The summed E-state index contributed by atoms with van der Waals surface area (Å²) in [6.07, 6.45) is 0. The lowest BCUT2D eigenvalue weighted by Gasteiger charge is -2.09. The summed E-state index contributed by atoms with van der Waals surface area (Å²) in [7, 11) is 1.97. The van der Waals surface area contributed by atoms with Gasteiger partial charge in [-0.1, -0.05) is 36.4 Å². The zero-order valence-electron chi connectivity index (χ0n) is 11.1. The van der Waals surface area contributed by atoms with Crippen molar-refractivity contribution in [2.45, 2.75) is 13.0 Å². The molecule has 0 radical (unpaired) electrons. The molecule has 1 unspecified atom stereocenters. The minimum absolute atomic E-state index is 0.341. The van der Waals surface area contributed by atoms with Gasteiger partial charge in [-0.05, 0) is 31.7 Å². The van der Waals surface area contributed by atoms with Crippen LogP contribution in [-0.4, -0.2) is 17.0 Å². The smallest absolute Gasteiger partial charge is 0.138 e. The molecule has 0 fully saturated rings. The number of fused-ring (bicyclic) bond motifs is 1. The fourth-order valence-corrected chi connectivity index (χ4v) is 2.20. The average Bonchev–Trinajstić information content (AvgIpc) is 2.90. The number of hydrogen-bond acceptors (Lipinski definition) is 2. The van der Waals surface area contributed by atoms with Gasteiger partial charge < -0.3 is 10.3 Å². The van der Waals surface area contributed by atoms with Crippen molar-refractivity contribution >= 4 is 11.0 Å². The van der Waals surface area contributed by atoms with Gasteiger partial charge in [-0.25, -0.2) is 4.98 Å². The highest BCUT2D eigenvalue weighted by molar-refractivity contribution is 5.80. The van der Waals surface area contributed by atoms with Gasteiger partial charge >= 0.3 is 0 Å². The highest BCUT2D eigenvalue weighted by atomic mass is 14.9. The van der Waals surface area contributed by atoms with Gasteiger partial charge in [0, 0.05) is 11.6 Å². The molecule has 1 atom stereocenters. The van der Waals surface area contributed by atoms with Crippen LogP contribution in [0.2, 0.25) is 0 Å². The zero-order valence-corrected chi connectivity index (χ0v) is 11.1. The summed E-state index contributed by atoms with van der Waals surface area (Å²) in [5.41, 5.74) is 4.46. The zero-order chi connectivity index (χ0) is 13.2. The lowest BCUT2D eigenvalue weighted by Crippen LogP contribution is -2.11. The van der Waals surface area contributed by atoms with Crippen LogP contribution in [0.4, 0.5) is 0 Å². The van der Waals surface area contributed by atoms with Crippen LogP contribution in [0.25, 0.3) is 22.4 Å². The van der Waals surface area contributed by atoms with Crippen LogP contribution in [-0.2, 0) is 0 Å². The third-order valence-corrected chi connectivity index (χ3v) is 3.49. The minimum atomic E-state index is 0.341. The number of nitrogens with one attached hydrogen (secondary N) is 2. The summed E-state index contributed by atoms with van der Waals surface area (Å²) in [5.74, 6) is 0.921. The molecule has 1 heterocycles. The Balaban J connectivity index is 2.06. The molecule has 96 valence electrons. The number of H-pyrrole nitrogens is 1. The third-order valence-electron chi connectivity index (χ3n) is 3.49. The number of nitrogens with zero attached hydrogens (tertiary/aromatic N) is 1. The van der Waals surface area contributed by atoms with Crippen LogP contribution in [0.3, 0.4) is 0 Å². The molecule has 0 amide bonds. The van der Waals surface area contributed by atoms with Crippen LogP contribution in [0, 0.1) is 0 Å². The van der Waals surface area contributed by atoms with E-state index < -0.39 is 0 Å². The Kier molecular flexibility index (Phi) is 3.05. The maximum atomic E-state index is 4.63. The van der Waals surface area contributed by atoms with Crippen LogP contribution in [0.15, 0.2) is 48.5 Å². The van der Waals surface area contributed by atoms with Gasteiger partial charge in [-0.3, -0.25) is 0 Å². The van der Waals surface area contributed by atoms with Gasteiger partial charge in [0.25, 0.3) is 0 Å². The molecule has 0 saturated carbocycles. The summed E-state index contributed by atoms with van der Waals surface area (Å²) in [5, 5.41) is 3.25. The van der Waals surface area contributed by atoms with Gasteiger partial charge in [-0.2, -0.15) is 0 Å². The Morgan fingerprint density at radius 2 is 1.89 bits per heavy atom. The first kappa shape index (κ1) is 11.9. The Morgan fingerprint density at radius 1 is 1.11 bits per heavy atom. The van der Waals surface area contributed by atoms with E-state index in [-0.39, 0.29) is 0 Å². The van der Waals surface area contributed by atoms with Gasteiger partial charge in [0.1, 0.15) is 5.82 Å². The van der Waals surface area contributed by atoms with Crippen molar-refractivity contribution in [3.8, 4) is 11.4 Å². The van der Waals surface area contributed by atoms with E-state index in [0.29, 0.717) is 6.04 Å². The lowest BCUT2D eigenvalue weighted by atomic mass is 10.1. The monoisotopic (exact) mass is 251 g/mol. The number of rotatable bonds is 3. The van der Waals surface area contributed by atoms with Crippen molar-refractivity contribution in [2.75, 3.05) is 7.05 Å². The van der Waals surface area contributed by atoms with Crippen LogP contribution >= 0.6 is 0 Å². The van der Waals surface area contributed by atoms with Crippen molar-refractivity contribution in [3.05, 3.63) is 54.1 Å². The molecule has 19 heavy (non-hydrogen) atoms. The van der Waals surface area contributed by atoms with Crippen molar-refractivity contribution in [1.29, 1.82) is 0 Å². The van der Waals surface area contributed by atoms with Gasteiger partial charge in [0.05, 0.1) is 11.0 Å². The summed E-state index contributed by atoms with van der Waals surface area (Å²) < 4.78 is 0. The minimum Gasteiger partial charge on any atom is -0.338 e. The highest BCUT2D eigenvalue weighted by Gasteiger charge is 2.08. The third kappa shape index (κ3) is 2.25. The predicted molar refractivity (Wildman–Crippen MR) is 79.0 cm³/mol. The second-order valence-corrected chi connectivity index (χ2v) is 4.74. The fraction of sp³-hybridized carbons (Fsp3) is 0.188. The normalized spacial score (nSPS) is 12.7. The van der Waals surface area contributed by atoms with Gasteiger partial charge in [-0.15, -0.1) is 0 Å². The molecule has 0 aliphatic heterocycles. The number of aromatic nitrogens is 2. The first-order valence-electron chi connectivity index (χ1n) is 6.50. The second-order valence-electron chi connectivity index (χ2n) is 4.74. The molecule has 0 aliphatic carbocycles. The molecule has 0 spiro atoms. The Morgan fingerprint density at radius 3 is 2.63 bits per heavy atom. The fourth-order valence-electron chi connectivity index (χ4n) is 2.20. The lowest BCUT2D eigenvalue weighted by molar-refractivity contribution is 0.653. The van der Waals surface area contributed by atoms with E-state index in [0.717, 1.165) is 22.4 Å². The Labute approximate surface area is 112 Å². The maximum Gasteiger partial charge on any atom is 0.138 e. The second kappa shape index (κ2) is 4.86. The molecule has 3 aromatic rings. The van der Waals surface area contributed by atoms with Crippen LogP contribution in [0.5, 0.6) is 0 Å². The quantitative estimate of drug-likeness (QED) is 0.748. The molecule has 3 heteroatoms. The molecule has 3 rings (SSSR count). The number of aromatic amines is 1. The van der Waals surface area contributed by atoms with Crippen molar-refractivity contribution in [2.24, 2.45) is 0 Å². The molecule has 3 nitrogen and oxygen atoms in total. The SMILES string of the molecule is CNC(C)c1ccc2nc(-c3ccccc3)[nH]c2c1. The summed E-state index contributed by atoms with van der Waals surface area (Å²) in [6.45, 7) is 2.15. The van der Waals surface area contributed by atoms with Crippen molar-refractivity contribution < 1.29 is 0 Å². The van der Waals surface area contributed by atoms with Crippen molar-refractivity contribution in [1.82, 2.24) is 15.3 Å². The van der Waals surface area contributed by atoms with E-state index >= 15 is 0 Å². The molecule has 1 aromatic heterocycles. The molecule has 0 aliphatic rings. The Hall–Kier alpha value is -2.13. The first-order chi connectivity index (χ1) is 9.28. The first-order valence-corrected chi connectivity index (χ1v) is 6.50. The predicted octanol–water partition coefficient (Wildman–Crippen LogP) is 3.51. The van der Waals surface area contributed by atoms with E-state index in [1.54, 1.807) is 0 Å². The average molecular weight is 251 g/mol. The van der Waals surface area contributed by atoms with E-state index in [1.807, 2.05) is 25.2 Å². The molecule has 2 aromatic carbocycles. The standard InChI is InChI=1S/C16H17N3/c1-11(17-2)13-8-9-14-15(10-13)19-16(18-14)12-6-4-3-5-7-12/h3-11,17H,1-2H3,(H,18,19). The summed E-state index contributed by atoms with van der Waals surface area (Å²) in [6, 6.07) is 16.9. The molecular formula is C16H17N3. The van der Waals surface area contributed by atoms with Crippen LogP contribution in [0.1, 0.15) is 18.5 Å². The molecule has 0 saturated heterocycles. The van der Waals surface area contributed by atoms with E-state index in [2.05, 4.69) is 52.5 Å². The molecule has 2 N–H and O–H groups in total. The highest BCUT2D eigenvalue weighted by Crippen LogP contribution is 2.23. The number of hydrogen-bond donors (Lipinski definition) is 2. The molecular weight excluding hydrogens is 234 g/mol. The summed E-state index contributed by atoms with van der Waals surface area (Å²) in [4.78, 5) is 8.03. The topological polar surface area (TPSA) is 40.7 Å². The van der Waals surface area contributed by atoms with E-state index in [9.17, 15) is 0 Å². The van der Waals surface area contributed by atoms with Gasteiger partial charge in [0.15, 0.2) is 0 Å². The van der Waals surface area contributed by atoms with Crippen LogP contribution < -0.4 is 5.32 Å². The van der Waals surface area contributed by atoms with Gasteiger partial charge in [0.2, 0.25) is 0 Å². The van der Waals surface area contributed by atoms with Crippen molar-refractivity contribution in [3.63, 3.8) is 0 Å². The van der Waals surface area contributed by atoms with E-state index in [1.165, 1.54) is 5.56 Å². The molecule has 0 bridgehead atoms. The van der Waals surface area contributed by atoms with E-state index in [4.69, 9.17) is 0 Å². The number of benzene rings is 2. The largest absolute Gasteiger partial charge is 0.338 e. The number of imidazole rings is 1. The maximum absolute atomic E-state index is 4.63. The summed E-state index contributed by atoms with van der Waals surface area (Å²) >= 11 is 0. The Bertz CT molecular complexity index is 686.